The molecule has 0 fully saturated rings. The average Bonchev–Trinajstić information content (AvgIpc) is 4.13. The summed E-state index contributed by atoms with van der Waals surface area (Å²) in [6.07, 6.45) is 8.12. The van der Waals surface area contributed by atoms with Crippen LogP contribution >= 0.6 is 71.2 Å². The molecule has 3 aromatic heterocycles. The number of pyridine rings is 2. The van der Waals surface area contributed by atoms with Gasteiger partial charge in [0.1, 0.15) is 42.8 Å². The fraction of sp³-hybridized carbons (Fsp3) is 0.163. The van der Waals surface area contributed by atoms with Crippen molar-refractivity contribution in [3.8, 4) is 0 Å². The minimum absolute atomic E-state index is 0. The summed E-state index contributed by atoms with van der Waals surface area (Å²) in [5.74, 6) is -2.98. The Bertz CT molecular complexity index is 3120. The predicted octanol–water partition coefficient (Wildman–Crippen LogP) is 12.6. The summed E-state index contributed by atoms with van der Waals surface area (Å²) in [5, 5.41) is 8.72. The Hall–Kier alpha value is -6.51. The summed E-state index contributed by atoms with van der Waals surface area (Å²) in [6, 6.07) is 18.4. The molecule has 0 spiro atoms. The predicted molar refractivity (Wildman–Crippen MR) is 272 cm³/mol. The molecule has 24 heteroatoms. The number of benzene rings is 4. The summed E-state index contributed by atoms with van der Waals surface area (Å²) < 4.78 is 66.4. The van der Waals surface area contributed by atoms with Gasteiger partial charge in [-0.05, 0) is 122 Å². The van der Waals surface area contributed by atoms with Crippen molar-refractivity contribution in [2.24, 2.45) is 5.73 Å². The molecule has 2 atom stereocenters. The molecular weight excluding hydrogens is 1090 g/mol. The van der Waals surface area contributed by atoms with Crippen LogP contribution in [0.15, 0.2) is 116 Å². The number of rotatable bonds is 9. The summed E-state index contributed by atoms with van der Waals surface area (Å²) in [7, 11) is 0. The number of carbonyl (C=O) groups is 4. The van der Waals surface area contributed by atoms with Crippen molar-refractivity contribution in [1.82, 2.24) is 24.8 Å². The number of aromatic nitrogens is 4. The lowest BCUT2D eigenvalue weighted by Gasteiger charge is -2.16. The van der Waals surface area contributed by atoms with Gasteiger partial charge in [0.15, 0.2) is 0 Å². The standard InChI is InChI=1S/C23H17Cl2F2N3O3.C16H13ClF2N2O.C10H8ClN3O2.2ClH/c24-12-7-8-28-14(9-12)11-33-23(32)30-20-6-3-15-16(2-5-19(27)21(15)20)22(31)29-13-1-4-18(26)17(25)10-13;17-11-7-8(1-4-12(11)18)21-16(22)10-2-5-13(19)15-9(10)3-6-14(15)20;11-8-1-2-13-9(5-8)6-16-10(15)14-4-3-12-7-14;;/h1-2,4-5,7-10,20H,3,6,11H2,(H,29,31)(H,30,32);1-2,4-5,7,14H,3,6,20H2,(H,21,22);1-5,7H,6H2;2*1H/t20-;14-;;;/m00.../s1. The van der Waals surface area contributed by atoms with Gasteiger partial charge in [-0.2, -0.15) is 0 Å². The van der Waals surface area contributed by atoms with Crippen molar-refractivity contribution in [2.75, 3.05) is 10.6 Å². The highest BCUT2D eigenvalue weighted by Crippen LogP contribution is 2.37. The number of halogens is 10. The molecule has 0 aliphatic heterocycles. The lowest BCUT2D eigenvalue weighted by atomic mass is 10.0. The second-order valence-corrected chi connectivity index (χ2v) is 17.2. The molecule has 9 rings (SSSR count). The Balaban J connectivity index is 0.000000214. The first-order valence-electron chi connectivity index (χ1n) is 21.2. The van der Waals surface area contributed by atoms with E-state index in [1.165, 1.54) is 84.1 Å². The van der Waals surface area contributed by atoms with E-state index < -0.39 is 47.5 Å². The van der Waals surface area contributed by atoms with Crippen molar-refractivity contribution < 1.29 is 46.2 Å². The molecule has 0 radical (unpaired) electrons. The van der Waals surface area contributed by atoms with Gasteiger partial charge in [-0.1, -0.05) is 46.4 Å². The van der Waals surface area contributed by atoms with Crippen molar-refractivity contribution >= 4 is 107 Å². The molecule has 0 unspecified atom stereocenters. The van der Waals surface area contributed by atoms with Gasteiger partial charge < -0.3 is 31.2 Å². The monoisotopic (exact) mass is 1120 g/mol. The van der Waals surface area contributed by atoms with Crippen molar-refractivity contribution in [3.05, 3.63) is 204 Å². The van der Waals surface area contributed by atoms with E-state index in [1.807, 2.05) is 0 Å². The van der Waals surface area contributed by atoms with Gasteiger partial charge in [-0.15, -0.1) is 24.8 Å². The van der Waals surface area contributed by atoms with Gasteiger partial charge >= 0.3 is 12.2 Å². The van der Waals surface area contributed by atoms with Crippen LogP contribution in [0.4, 0.5) is 38.5 Å². The summed E-state index contributed by atoms with van der Waals surface area (Å²) in [5.41, 5.74) is 10.0. The molecule has 5 N–H and O–H groups in total. The van der Waals surface area contributed by atoms with Crippen LogP contribution in [0, 0.1) is 23.3 Å². The van der Waals surface area contributed by atoms with Gasteiger partial charge in [0, 0.05) is 74.5 Å². The highest BCUT2D eigenvalue weighted by molar-refractivity contribution is 6.32. The fourth-order valence-electron chi connectivity index (χ4n) is 7.54. The molecule has 2 aliphatic carbocycles. The van der Waals surface area contributed by atoms with Crippen molar-refractivity contribution in [3.63, 3.8) is 0 Å². The Kier molecular flexibility index (Phi) is 20.8. The van der Waals surface area contributed by atoms with E-state index in [2.05, 4.69) is 30.9 Å². The Morgan fingerprint density at radius 3 is 1.63 bits per heavy atom. The first-order chi connectivity index (χ1) is 34.0. The van der Waals surface area contributed by atoms with E-state index in [9.17, 15) is 36.7 Å². The molecule has 4 aromatic carbocycles. The fourth-order valence-corrected chi connectivity index (χ4v) is 8.26. The maximum absolute atomic E-state index is 14.6. The van der Waals surface area contributed by atoms with Gasteiger partial charge in [-0.3, -0.25) is 19.6 Å². The van der Waals surface area contributed by atoms with E-state index >= 15 is 0 Å². The topological polar surface area (TPSA) is 192 Å². The van der Waals surface area contributed by atoms with E-state index in [1.54, 1.807) is 30.5 Å². The summed E-state index contributed by atoms with van der Waals surface area (Å²) in [4.78, 5) is 60.6. The second kappa shape index (κ2) is 26.4. The molecule has 2 aliphatic rings. The van der Waals surface area contributed by atoms with E-state index in [-0.39, 0.29) is 71.1 Å². The number of anilines is 2. The van der Waals surface area contributed by atoms with Crippen molar-refractivity contribution in [1.29, 1.82) is 0 Å². The smallest absolute Gasteiger partial charge is 0.419 e. The van der Waals surface area contributed by atoms with Gasteiger partial charge in [-0.25, -0.2) is 36.7 Å². The number of nitrogens with two attached hydrogens (primary N) is 1. The SMILES string of the molecule is Cl.Cl.N[C@H]1CCc2c(C(=O)Nc3ccc(F)c(Cl)c3)ccc(F)c21.O=C(N[C@H]1CCc2c(C(=O)Nc3ccc(F)c(Cl)c3)ccc(F)c21)OCc1cc(Cl)ccn1.O=C(OCc1cc(Cl)ccn1)n1ccnc1. The number of carbonyl (C=O) groups excluding carboxylic acids is 4. The van der Waals surface area contributed by atoms with Crippen LogP contribution in [0.3, 0.4) is 0 Å². The molecule has 7 aromatic rings. The zero-order valence-corrected chi connectivity index (χ0v) is 42.2. The molecule has 14 nitrogen and oxygen atoms in total. The molecule has 0 saturated heterocycles. The minimum atomic E-state index is -0.746. The number of nitrogens with one attached hydrogen (secondary N) is 3. The number of fused-ring (bicyclic) bond motifs is 2. The third-order valence-electron chi connectivity index (χ3n) is 10.8. The number of hydrogen-bond donors (Lipinski definition) is 4. The summed E-state index contributed by atoms with van der Waals surface area (Å²) in [6.45, 7) is -0.0191. The van der Waals surface area contributed by atoms with E-state index in [0.717, 1.165) is 6.07 Å². The molecular formula is C49H40Cl6F4N8O6. The maximum Gasteiger partial charge on any atom is 0.419 e. The number of amides is 3. The molecule has 0 bridgehead atoms. The number of imidazole rings is 1. The average molecular weight is 1130 g/mol. The first kappa shape index (κ1) is 57.4. The molecule has 382 valence electrons. The zero-order valence-electron chi connectivity index (χ0n) is 37.5. The highest BCUT2D eigenvalue weighted by Gasteiger charge is 2.32. The van der Waals surface area contributed by atoms with Crippen LogP contribution in [-0.4, -0.2) is 43.5 Å². The van der Waals surface area contributed by atoms with Crippen LogP contribution in [0.25, 0.3) is 0 Å². The lowest BCUT2D eigenvalue weighted by Crippen LogP contribution is -2.28. The number of hydrogen-bond acceptors (Lipinski definition) is 10. The highest BCUT2D eigenvalue weighted by atomic mass is 35.5. The normalized spacial score (nSPS) is 13.7. The summed E-state index contributed by atoms with van der Waals surface area (Å²) >= 11 is 23.1. The minimum Gasteiger partial charge on any atom is -0.443 e. The second-order valence-electron chi connectivity index (χ2n) is 15.6. The van der Waals surface area contributed by atoms with Crippen LogP contribution in [-0.2, 0) is 35.5 Å². The third kappa shape index (κ3) is 15.0. The number of ether oxygens (including phenoxy) is 2. The van der Waals surface area contributed by atoms with Gasteiger partial charge in [0.2, 0.25) is 0 Å². The number of nitrogens with zero attached hydrogens (tertiary/aromatic N) is 4. The van der Waals surface area contributed by atoms with Crippen LogP contribution in [0.5, 0.6) is 0 Å². The van der Waals surface area contributed by atoms with Crippen LogP contribution in [0.1, 0.15) is 79.3 Å². The van der Waals surface area contributed by atoms with Crippen molar-refractivity contribution in [2.45, 2.75) is 51.0 Å². The van der Waals surface area contributed by atoms with Gasteiger partial charge in [0.25, 0.3) is 11.8 Å². The van der Waals surface area contributed by atoms with E-state index in [4.69, 9.17) is 61.6 Å². The molecule has 3 heterocycles. The van der Waals surface area contributed by atoms with Gasteiger partial charge in [0.05, 0.1) is 27.5 Å². The Labute approximate surface area is 446 Å². The lowest BCUT2D eigenvalue weighted by molar-refractivity contribution is 0.101. The molecule has 0 saturated carbocycles. The Morgan fingerprint density at radius 1 is 0.630 bits per heavy atom. The largest absolute Gasteiger partial charge is 0.443 e. The van der Waals surface area contributed by atoms with Crippen LogP contribution in [0.2, 0.25) is 20.1 Å². The first-order valence-corrected chi connectivity index (χ1v) is 22.8. The molecule has 3 amide bonds. The quantitative estimate of drug-likeness (QED) is 0.101. The molecule has 73 heavy (non-hydrogen) atoms. The maximum atomic E-state index is 14.6. The van der Waals surface area contributed by atoms with Crippen LogP contribution < -0.4 is 21.7 Å². The zero-order chi connectivity index (χ0) is 50.8. The van der Waals surface area contributed by atoms with E-state index in [0.29, 0.717) is 80.7 Å². The Morgan fingerprint density at radius 2 is 1.12 bits per heavy atom. The third-order valence-corrected chi connectivity index (χ3v) is 11.9. The number of alkyl carbamates (subject to hydrolysis) is 1.